The predicted octanol–water partition coefficient (Wildman–Crippen LogP) is 4.20. The average molecular weight is 380 g/mol. The lowest BCUT2D eigenvalue weighted by Gasteiger charge is -2.32. The van der Waals surface area contributed by atoms with E-state index in [1.807, 2.05) is 17.0 Å². The van der Waals surface area contributed by atoms with Crippen LogP contribution in [-0.2, 0) is 11.2 Å². The van der Waals surface area contributed by atoms with Crippen LogP contribution in [0.25, 0.3) is 0 Å². The van der Waals surface area contributed by atoms with E-state index in [2.05, 4.69) is 12.2 Å². The van der Waals surface area contributed by atoms with Gasteiger partial charge in [-0.1, -0.05) is 36.2 Å². The Kier molecular flexibility index (Phi) is 9.30. The number of hydrogen-bond donors (Lipinski definition) is 1. The second-order valence-corrected chi connectivity index (χ2v) is 6.71. The Balaban J connectivity index is 0.00000264. The SMILES string of the molecule is CCNCC1CCN(C(=O)CCc2ccc(Cl)cc2Cl)CC1.Cl. The third-order valence-electron chi connectivity index (χ3n) is 4.27. The van der Waals surface area contributed by atoms with E-state index in [1.165, 1.54) is 0 Å². The molecule has 2 rings (SSSR count). The third-order valence-corrected chi connectivity index (χ3v) is 4.86. The van der Waals surface area contributed by atoms with Gasteiger partial charge in [0.2, 0.25) is 5.91 Å². The minimum absolute atomic E-state index is 0. The topological polar surface area (TPSA) is 32.3 Å². The third kappa shape index (κ3) is 6.50. The molecule has 0 aromatic heterocycles. The normalized spacial score (nSPS) is 15.3. The van der Waals surface area contributed by atoms with Gasteiger partial charge in [-0.05, 0) is 56.0 Å². The average Bonchev–Trinajstić information content (AvgIpc) is 2.52. The van der Waals surface area contributed by atoms with Gasteiger partial charge in [0.15, 0.2) is 0 Å². The number of nitrogens with zero attached hydrogens (tertiary/aromatic N) is 1. The Labute approximate surface area is 155 Å². The lowest BCUT2D eigenvalue weighted by atomic mass is 9.96. The molecule has 1 fully saturated rings. The van der Waals surface area contributed by atoms with Crippen LogP contribution in [0.5, 0.6) is 0 Å². The highest BCUT2D eigenvalue weighted by Crippen LogP contribution is 2.23. The number of nitrogens with one attached hydrogen (secondary N) is 1. The van der Waals surface area contributed by atoms with Gasteiger partial charge in [0, 0.05) is 29.6 Å². The van der Waals surface area contributed by atoms with Crippen LogP contribution in [-0.4, -0.2) is 37.0 Å². The number of rotatable bonds is 6. The van der Waals surface area contributed by atoms with Crippen molar-refractivity contribution in [3.8, 4) is 0 Å². The summed E-state index contributed by atoms with van der Waals surface area (Å²) in [6.07, 6.45) is 3.38. The van der Waals surface area contributed by atoms with Gasteiger partial charge in [-0.15, -0.1) is 12.4 Å². The maximum absolute atomic E-state index is 12.3. The van der Waals surface area contributed by atoms with E-state index in [1.54, 1.807) is 6.07 Å². The van der Waals surface area contributed by atoms with E-state index in [9.17, 15) is 4.79 Å². The summed E-state index contributed by atoms with van der Waals surface area (Å²) < 4.78 is 0. The Morgan fingerprint density at radius 3 is 2.61 bits per heavy atom. The zero-order valence-corrected chi connectivity index (χ0v) is 15.8. The van der Waals surface area contributed by atoms with Crippen LogP contribution in [0.2, 0.25) is 10.0 Å². The van der Waals surface area contributed by atoms with E-state index < -0.39 is 0 Å². The van der Waals surface area contributed by atoms with E-state index in [0.717, 1.165) is 44.6 Å². The molecule has 1 amide bonds. The Bertz CT molecular complexity index is 503. The fraction of sp³-hybridized carbons (Fsp3) is 0.588. The van der Waals surface area contributed by atoms with Crippen molar-refractivity contribution in [1.29, 1.82) is 0 Å². The molecule has 1 N–H and O–H groups in total. The molecule has 0 aliphatic carbocycles. The fourth-order valence-electron chi connectivity index (χ4n) is 2.86. The second-order valence-electron chi connectivity index (χ2n) is 5.87. The molecule has 0 bridgehead atoms. The summed E-state index contributed by atoms with van der Waals surface area (Å²) in [5.74, 6) is 0.933. The van der Waals surface area contributed by atoms with Crippen LogP contribution in [0.1, 0.15) is 31.7 Å². The molecule has 6 heteroatoms. The monoisotopic (exact) mass is 378 g/mol. The second kappa shape index (κ2) is 10.4. The lowest BCUT2D eigenvalue weighted by molar-refractivity contribution is -0.132. The van der Waals surface area contributed by atoms with E-state index in [-0.39, 0.29) is 18.3 Å². The number of amides is 1. The first kappa shape index (κ1) is 20.6. The van der Waals surface area contributed by atoms with Crippen LogP contribution < -0.4 is 5.32 Å². The van der Waals surface area contributed by atoms with Gasteiger partial charge in [0.1, 0.15) is 0 Å². The minimum atomic E-state index is 0. The molecular weight excluding hydrogens is 355 g/mol. The standard InChI is InChI=1S/C17H24Cl2N2O.ClH/c1-2-20-12-13-7-9-21(10-8-13)17(22)6-4-14-3-5-15(18)11-16(14)19;/h3,5,11,13,20H,2,4,6-10,12H2,1H3;1H. The molecule has 1 aliphatic rings. The molecule has 0 atom stereocenters. The van der Waals surface area contributed by atoms with Crippen molar-refractivity contribution in [3.05, 3.63) is 33.8 Å². The van der Waals surface area contributed by atoms with E-state index in [0.29, 0.717) is 28.8 Å². The molecular formula is C17H25Cl3N2O. The van der Waals surface area contributed by atoms with Crippen molar-refractivity contribution in [2.75, 3.05) is 26.2 Å². The van der Waals surface area contributed by atoms with Crippen LogP contribution in [0.4, 0.5) is 0 Å². The van der Waals surface area contributed by atoms with Gasteiger partial charge in [0.25, 0.3) is 0 Å². The summed E-state index contributed by atoms with van der Waals surface area (Å²) in [5.41, 5.74) is 0.987. The smallest absolute Gasteiger partial charge is 0.222 e. The number of halogens is 3. The van der Waals surface area contributed by atoms with E-state index in [4.69, 9.17) is 23.2 Å². The van der Waals surface area contributed by atoms with Gasteiger partial charge in [-0.25, -0.2) is 0 Å². The molecule has 0 spiro atoms. The number of benzene rings is 1. The largest absolute Gasteiger partial charge is 0.343 e. The highest BCUT2D eigenvalue weighted by molar-refractivity contribution is 6.35. The molecule has 1 aromatic rings. The van der Waals surface area contributed by atoms with Crippen molar-refractivity contribution in [3.63, 3.8) is 0 Å². The van der Waals surface area contributed by atoms with Gasteiger partial charge in [0.05, 0.1) is 0 Å². The summed E-state index contributed by atoms with van der Waals surface area (Å²) in [4.78, 5) is 14.3. The number of carbonyl (C=O) groups is 1. The number of likely N-dealkylation sites (tertiary alicyclic amines) is 1. The molecule has 0 unspecified atom stereocenters. The predicted molar refractivity (Wildman–Crippen MR) is 99.9 cm³/mol. The molecule has 0 saturated carbocycles. The highest BCUT2D eigenvalue weighted by atomic mass is 35.5. The highest BCUT2D eigenvalue weighted by Gasteiger charge is 2.22. The van der Waals surface area contributed by atoms with Crippen molar-refractivity contribution in [2.24, 2.45) is 5.92 Å². The molecule has 1 aromatic carbocycles. The number of hydrogen-bond acceptors (Lipinski definition) is 2. The summed E-state index contributed by atoms with van der Waals surface area (Å²) >= 11 is 12.0. The fourth-order valence-corrected chi connectivity index (χ4v) is 3.36. The Morgan fingerprint density at radius 1 is 1.30 bits per heavy atom. The van der Waals surface area contributed by atoms with Crippen molar-refractivity contribution in [1.82, 2.24) is 10.2 Å². The quantitative estimate of drug-likeness (QED) is 0.803. The zero-order valence-electron chi connectivity index (χ0n) is 13.5. The zero-order chi connectivity index (χ0) is 15.9. The molecule has 130 valence electrons. The van der Waals surface area contributed by atoms with Crippen molar-refractivity contribution >= 4 is 41.5 Å². The number of aryl methyl sites for hydroxylation is 1. The summed E-state index contributed by atoms with van der Waals surface area (Å²) in [6, 6.07) is 5.45. The number of piperidine rings is 1. The summed E-state index contributed by atoms with van der Waals surface area (Å²) in [6.45, 7) is 5.97. The van der Waals surface area contributed by atoms with Crippen LogP contribution in [0.3, 0.4) is 0 Å². The molecule has 0 radical (unpaired) electrons. The number of carbonyl (C=O) groups excluding carboxylic acids is 1. The van der Waals surface area contributed by atoms with E-state index >= 15 is 0 Å². The molecule has 1 heterocycles. The first-order chi connectivity index (χ1) is 10.6. The molecule has 3 nitrogen and oxygen atoms in total. The minimum Gasteiger partial charge on any atom is -0.343 e. The van der Waals surface area contributed by atoms with Gasteiger partial charge in [-0.2, -0.15) is 0 Å². The maximum atomic E-state index is 12.3. The van der Waals surface area contributed by atoms with Gasteiger partial charge in [-0.3, -0.25) is 4.79 Å². The van der Waals surface area contributed by atoms with Gasteiger partial charge >= 0.3 is 0 Å². The first-order valence-electron chi connectivity index (χ1n) is 8.02. The molecule has 23 heavy (non-hydrogen) atoms. The van der Waals surface area contributed by atoms with Crippen molar-refractivity contribution < 1.29 is 4.79 Å². The maximum Gasteiger partial charge on any atom is 0.222 e. The van der Waals surface area contributed by atoms with Crippen LogP contribution in [0.15, 0.2) is 18.2 Å². The Hall–Kier alpha value is -0.480. The summed E-state index contributed by atoms with van der Waals surface area (Å²) in [5, 5.41) is 4.66. The van der Waals surface area contributed by atoms with Crippen LogP contribution >= 0.6 is 35.6 Å². The first-order valence-corrected chi connectivity index (χ1v) is 8.78. The van der Waals surface area contributed by atoms with Crippen LogP contribution in [0, 0.1) is 5.92 Å². The Morgan fingerprint density at radius 2 is 2.00 bits per heavy atom. The van der Waals surface area contributed by atoms with Crippen molar-refractivity contribution in [2.45, 2.75) is 32.6 Å². The lowest BCUT2D eigenvalue weighted by Crippen LogP contribution is -2.40. The molecule has 1 aliphatic heterocycles. The molecule has 1 saturated heterocycles. The van der Waals surface area contributed by atoms with Gasteiger partial charge < -0.3 is 10.2 Å². The summed E-state index contributed by atoms with van der Waals surface area (Å²) in [7, 11) is 0.